The summed E-state index contributed by atoms with van der Waals surface area (Å²) in [5.41, 5.74) is 1.87. The first-order valence-corrected chi connectivity index (χ1v) is 6.42. The molecule has 17 heavy (non-hydrogen) atoms. The summed E-state index contributed by atoms with van der Waals surface area (Å²) in [6, 6.07) is 3.83. The van der Waals surface area contributed by atoms with Gasteiger partial charge >= 0.3 is 0 Å². The Morgan fingerprint density at radius 1 is 1.35 bits per heavy atom. The first-order chi connectivity index (χ1) is 8.00. The molecular formula is C11H12BrClN4. The van der Waals surface area contributed by atoms with Gasteiger partial charge in [0.25, 0.3) is 0 Å². The lowest BCUT2D eigenvalue weighted by molar-refractivity contribution is 0.708. The first-order valence-electron chi connectivity index (χ1n) is 5.25. The summed E-state index contributed by atoms with van der Waals surface area (Å²) < 4.78 is 2.63. The third-order valence-corrected chi connectivity index (χ3v) is 3.51. The summed E-state index contributed by atoms with van der Waals surface area (Å²) in [5.74, 6) is 1.06. The van der Waals surface area contributed by atoms with E-state index in [1.807, 2.05) is 32.9 Å². The molecule has 0 radical (unpaired) electrons. The van der Waals surface area contributed by atoms with Crippen LogP contribution in [0.5, 0.6) is 0 Å². The third-order valence-electron chi connectivity index (χ3n) is 2.47. The highest BCUT2D eigenvalue weighted by molar-refractivity contribution is 9.10. The van der Waals surface area contributed by atoms with Gasteiger partial charge in [-0.1, -0.05) is 25.4 Å². The molecule has 0 amide bonds. The molecule has 0 aliphatic rings. The molecule has 0 bridgehead atoms. The maximum Gasteiger partial charge on any atom is 0.159 e. The molecule has 0 aliphatic heterocycles. The molecule has 0 N–H and O–H groups in total. The monoisotopic (exact) mass is 314 g/mol. The van der Waals surface area contributed by atoms with Gasteiger partial charge in [0.05, 0.1) is 5.69 Å². The Kier molecular flexibility index (Phi) is 3.49. The lowest BCUT2D eigenvalue weighted by Gasteiger charge is -2.10. The molecule has 0 fully saturated rings. The number of tetrazole rings is 1. The Morgan fingerprint density at radius 2 is 2.06 bits per heavy atom. The van der Waals surface area contributed by atoms with Gasteiger partial charge in [-0.2, -0.15) is 4.68 Å². The van der Waals surface area contributed by atoms with Crippen molar-refractivity contribution >= 4 is 27.5 Å². The van der Waals surface area contributed by atoms with Crippen molar-refractivity contribution < 1.29 is 0 Å². The summed E-state index contributed by atoms with van der Waals surface area (Å²) in [6.45, 7) is 6.05. The summed E-state index contributed by atoms with van der Waals surface area (Å²) in [7, 11) is 0. The fourth-order valence-electron chi connectivity index (χ4n) is 1.52. The van der Waals surface area contributed by atoms with Gasteiger partial charge in [-0.25, -0.2) is 0 Å². The van der Waals surface area contributed by atoms with Gasteiger partial charge in [0, 0.05) is 15.4 Å². The zero-order valence-corrected chi connectivity index (χ0v) is 12.1. The van der Waals surface area contributed by atoms with Crippen LogP contribution in [0.15, 0.2) is 16.6 Å². The van der Waals surface area contributed by atoms with Gasteiger partial charge in [0.15, 0.2) is 5.82 Å². The molecule has 0 aliphatic carbocycles. The van der Waals surface area contributed by atoms with Crippen molar-refractivity contribution in [2.24, 2.45) is 0 Å². The van der Waals surface area contributed by atoms with E-state index in [0.717, 1.165) is 21.5 Å². The number of aryl methyl sites for hydroxylation is 1. The van der Waals surface area contributed by atoms with Crippen molar-refractivity contribution in [3.63, 3.8) is 0 Å². The Labute approximate surface area is 113 Å². The summed E-state index contributed by atoms with van der Waals surface area (Å²) in [4.78, 5) is 0. The van der Waals surface area contributed by atoms with Crippen LogP contribution in [0.4, 0.5) is 0 Å². The molecule has 0 spiro atoms. The van der Waals surface area contributed by atoms with E-state index in [1.54, 1.807) is 4.68 Å². The second kappa shape index (κ2) is 4.74. The van der Waals surface area contributed by atoms with E-state index in [2.05, 4.69) is 31.5 Å². The minimum absolute atomic E-state index is 0.247. The SMILES string of the molecule is Cc1cc(Br)c(-n2nnnc2C(C)C)cc1Cl. The maximum absolute atomic E-state index is 6.13. The highest BCUT2D eigenvalue weighted by atomic mass is 79.9. The molecule has 90 valence electrons. The summed E-state index contributed by atoms with van der Waals surface area (Å²) >= 11 is 9.64. The number of rotatable bonds is 2. The van der Waals surface area contributed by atoms with Crippen LogP contribution in [0.25, 0.3) is 5.69 Å². The number of hydrogen-bond acceptors (Lipinski definition) is 3. The second-order valence-electron chi connectivity index (χ2n) is 4.16. The minimum atomic E-state index is 0.247. The van der Waals surface area contributed by atoms with Gasteiger partial charge < -0.3 is 0 Å². The number of benzene rings is 1. The van der Waals surface area contributed by atoms with Gasteiger partial charge in [0.1, 0.15) is 0 Å². The highest BCUT2D eigenvalue weighted by Crippen LogP contribution is 2.28. The van der Waals surface area contributed by atoms with Crippen molar-refractivity contribution in [3.05, 3.63) is 33.0 Å². The van der Waals surface area contributed by atoms with Crippen LogP contribution < -0.4 is 0 Å². The number of halogens is 2. The lowest BCUT2D eigenvalue weighted by Crippen LogP contribution is -2.05. The van der Waals surface area contributed by atoms with Crippen molar-refractivity contribution in [1.29, 1.82) is 0 Å². The molecule has 1 aromatic heterocycles. The van der Waals surface area contributed by atoms with Crippen molar-refractivity contribution in [2.45, 2.75) is 26.7 Å². The third kappa shape index (κ3) is 2.35. The fourth-order valence-corrected chi connectivity index (χ4v) is 2.31. The molecule has 2 aromatic rings. The molecule has 1 heterocycles. The van der Waals surface area contributed by atoms with Crippen LogP contribution in [0.3, 0.4) is 0 Å². The molecule has 0 atom stereocenters. The molecule has 0 saturated heterocycles. The minimum Gasteiger partial charge on any atom is -0.196 e. The zero-order valence-electron chi connectivity index (χ0n) is 9.78. The van der Waals surface area contributed by atoms with Crippen molar-refractivity contribution in [1.82, 2.24) is 20.2 Å². The molecule has 0 saturated carbocycles. The predicted molar refractivity (Wildman–Crippen MR) is 70.7 cm³/mol. The van der Waals surface area contributed by atoms with E-state index in [1.165, 1.54) is 0 Å². The number of nitrogens with zero attached hydrogens (tertiary/aromatic N) is 4. The summed E-state index contributed by atoms with van der Waals surface area (Å²) in [5, 5.41) is 12.4. The molecule has 4 nitrogen and oxygen atoms in total. The van der Waals surface area contributed by atoms with E-state index in [0.29, 0.717) is 5.02 Å². The van der Waals surface area contributed by atoms with E-state index >= 15 is 0 Å². The molecule has 2 rings (SSSR count). The van der Waals surface area contributed by atoms with Crippen LogP contribution in [-0.4, -0.2) is 20.2 Å². The van der Waals surface area contributed by atoms with Crippen LogP contribution in [0, 0.1) is 6.92 Å². The molecule has 6 heteroatoms. The number of aromatic nitrogens is 4. The maximum atomic E-state index is 6.13. The zero-order chi connectivity index (χ0) is 12.6. The Morgan fingerprint density at radius 3 is 2.71 bits per heavy atom. The summed E-state index contributed by atoms with van der Waals surface area (Å²) in [6.07, 6.45) is 0. The Bertz CT molecular complexity index is 550. The topological polar surface area (TPSA) is 43.6 Å². The average molecular weight is 316 g/mol. The Balaban J connectivity index is 2.60. The fraction of sp³-hybridized carbons (Fsp3) is 0.364. The van der Waals surface area contributed by atoms with E-state index < -0.39 is 0 Å². The molecule has 0 unspecified atom stereocenters. The quantitative estimate of drug-likeness (QED) is 0.852. The van der Waals surface area contributed by atoms with Crippen molar-refractivity contribution in [2.75, 3.05) is 0 Å². The average Bonchev–Trinajstić information content (AvgIpc) is 2.72. The van der Waals surface area contributed by atoms with Crippen LogP contribution in [-0.2, 0) is 0 Å². The van der Waals surface area contributed by atoms with E-state index in [-0.39, 0.29) is 5.92 Å². The normalized spacial score (nSPS) is 11.2. The van der Waals surface area contributed by atoms with Gasteiger partial charge in [0.2, 0.25) is 0 Å². The van der Waals surface area contributed by atoms with E-state index in [4.69, 9.17) is 11.6 Å². The standard InChI is InChI=1S/C11H12BrClN4/c1-6(2)11-14-15-16-17(11)10-5-9(13)7(3)4-8(10)12/h4-6H,1-3H3. The first kappa shape index (κ1) is 12.5. The Hall–Kier alpha value is -0.940. The van der Waals surface area contributed by atoms with Crippen LogP contribution in [0.2, 0.25) is 5.02 Å². The van der Waals surface area contributed by atoms with Crippen LogP contribution in [0.1, 0.15) is 31.2 Å². The molecular weight excluding hydrogens is 304 g/mol. The van der Waals surface area contributed by atoms with Gasteiger partial charge in [-0.15, -0.1) is 5.10 Å². The molecule has 1 aromatic carbocycles. The smallest absolute Gasteiger partial charge is 0.159 e. The van der Waals surface area contributed by atoms with Crippen LogP contribution >= 0.6 is 27.5 Å². The number of hydrogen-bond donors (Lipinski definition) is 0. The second-order valence-corrected chi connectivity index (χ2v) is 5.42. The van der Waals surface area contributed by atoms with Crippen molar-refractivity contribution in [3.8, 4) is 5.69 Å². The van der Waals surface area contributed by atoms with E-state index in [9.17, 15) is 0 Å². The van der Waals surface area contributed by atoms with Gasteiger partial charge in [-0.3, -0.25) is 0 Å². The lowest BCUT2D eigenvalue weighted by atomic mass is 10.2. The predicted octanol–water partition coefficient (Wildman–Crippen LogP) is 3.51. The highest BCUT2D eigenvalue weighted by Gasteiger charge is 2.15. The van der Waals surface area contributed by atoms with Gasteiger partial charge in [-0.05, 0) is 51.0 Å². The largest absolute Gasteiger partial charge is 0.196 e.